The quantitative estimate of drug-likeness (QED) is 0.524. The van der Waals surface area contributed by atoms with Crippen LogP contribution in [0.15, 0.2) is 54.6 Å². The van der Waals surface area contributed by atoms with Crippen LogP contribution in [0.5, 0.6) is 0 Å². The van der Waals surface area contributed by atoms with Gasteiger partial charge < -0.3 is 0 Å². The minimum Gasteiger partial charge on any atom is -0.0786 e. The molecule has 0 aromatic heterocycles. The van der Waals surface area contributed by atoms with E-state index in [9.17, 15) is 0 Å². The van der Waals surface area contributed by atoms with Crippen LogP contribution in [0.25, 0.3) is 10.8 Å². The number of halogens is 1. The first-order chi connectivity index (χ1) is 10.2. The van der Waals surface area contributed by atoms with Crippen molar-refractivity contribution in [1.29, 1.82) is 0 Å². The normalized spacial score (nSPS) is 14.6. The topological polar surface area (TPSA) is 0 Å². The van der Waals surface area contributed by atoms with Crippen LogP contribution in [0.3, 0.4) is 0 Å². The van der Waals surface area contributed by atoms with Gasteiger partial charge in [-0.15, -0.1) is 0 Å². The molecule has 1 unspecified atom stereocenters. The third-order valence-corrected chi connectivity index (χ3v) is 5.58. The smallest absolute Gasteiger partial charge is 0.0650 e. The Kier molecular flexibility index (Phi) is 3.11. The van der Waals surface area contributed by atoms with Gasteiger partial charge in [0.25, 0.3) is 0 Å². The largest absolute Gasteiger partial charge is 0.0786 e. The molecular weight excluding hydrogens is 320 g/mol. The Bertz CT molecular complexity index is 805. The minimum atomic E-state index is 0.253. The van der Waals surface area contributed by atoms with E-state index in [1.165, 1.54) is 51.4 Å². The summed E-state index contributed by atoms with van der Waals surface area (Å²) in [6.45, 7) is 2.13. The van der Waals surface area contributed by atoms with Crippen molar-refractivity contribution >= 4 is 26.7 Å². The van der Waals surface area contributed by atoms with Crippen molar-refractivity contribution in [2.24, 2.45) is 0 Å². The van der Waals surface area contributed by atoms with Crippen LogP contribution in [0, 0.1) is 6.92 Å². The molecule has 0 saturated carbocycles. The Labute approximate surface area is 133 Å². The SMILES string of the molecule is Cc1ccc(C(Br)c2ccc3c4c(cccc24)CC3)cc1. The van der Waals surface area contributed by atoms with Crippen LogP contribution in [0.1, 0.15) is 32.6 Å². The molecule has 0 bridgehead atoms. The van der Waals surface area contributed by atoms with Gasteiger partial charge >= 0.3 is 0 Å². The lowest BCUT2D eigenvalue weighted by Gasteiger charge is -2.15. The molecule has 1 atom stereocenters. The van der Waals surface area contributed by atoms with Gasteiger partial charge in [-0.3, -0.25) is 0 Å². The Hall–Kier alpha value is -1.60. The maximum atomic E-state index is 3.91. The molecule has 1 aliphatic rings. The summed E-state index contributed by atoms with van der Waals surface area (Å²) in [4.78, 5) is 0.253. The second-order valence-electron chi connectivity index (χ2n) is 5.93. The molecule has 1 heteroatoms. The average molecular weight is 337 g/mol. The standard InChI is InChI=1S/C20H17Br/c1-13-5-7-16(8-6-13)20(21)18-12-11-15-10-9-14-3-2-4-17(18)19(14)15/h2-8,11-12,20H,9-10H2,1H3. The first-order valence-electron chi connectivity index (χ1n) is 7.48. The predicted octanol–water partition coefficient (Wildman–Crippen LogP) is 5.73. The van der Waals surface area contributed by atoms with Gasteiger partial charge in [-0.05, 0) is 52.8 Å². The highest BCUT2D eigenvalue weighted by Crippen LogP contribution is 2.39. The molecule has 4 rings (SSSR count). The second-order valence-corrected chi connectivity index (χ2v) is 6.84. The van der Waals surface area contributed by atoms with Crippen molar-refractivity contribution in [1.82, 2.24) is 0 Å². The van der Waals surface area contributed by atoms with Crippen LogP contribution in [0.2, 0.25) is 0 Å². The summed E-state index contributed by atoms with van der Waals surface area (Å²) in [5, 5.41) is 2.90. The fraction of sp³-hybridized carbons (Fsp3) is 0.200. The van der Waals surface area contributed by atoms with E-state index in [4.69, 9.17) is 0 Å². The summed E-state index contributed by atoms with van der Waals surface area (Å²) in [7, 11) is 0. The molecule has 21 heavy (non-hydrogen) atoms. The molecule has 0 N–H and O–H groups in total. The number of aryl methyl sites for hydroxylation is 3. The molecule has 0 nitrogen and oxygen atoms in total. The molecule has 104 valence electrons. The first kappa shape index (κ1) is 13.1. The molecule has 0 saturated heterocycles. The van der Waals surface area contributed by atoms with Crippen molar-refractivity contribution in [3.8, 4) is 0 Å². The number of hydrogen-bond donors (Lipinski definition) is 0. The molecule has 0 radical (unpaired) electrons. The lowest BCUT2D eigenvalue weighted by molar-refractivity contribution is 1.02. The van der Waals surface area contributed by atoms with E-state index in [0.717, 1.165) is 0 Å². The van der Waals surface area contributed by atoms with E-state index in [1.807, 2.05) is 0 Å². The first-order valence-corrected chi connectivity index (χ1v) is 8.39. The number of benzene rings is 3. The van der Waals surface area contributed by atoms with Crippen LogP contribution in [-0.4, -0.2) is 0 Å². The van der Waals surface area contributed by atoms with E-state index in [2.05, 4.69) is 77.5 Å². The fourth-order valence-electron chi connectivity index (χ4n) is 3.41. The lowest BCUT2D eigenvalue weighted by Crippen LogP contribution is -1.95. The maximum Gasteiger partial charge on any atom is 0.0650 e. The highest BCUT2D eigenvalue weighted by atomic mass is 79.9. The highest BCUT2D eigenvalue weighted by Gasteiger charge is 2.19. The number of rotatable bonds is 2. The zero-order valence-electron chi connectivity index (χ0n) is 12.1. The van der Waals surface area contributed by atoms with E-state index in [0.29, 0.717) is 0 Å². The van der Waals surface area contributed by atoms with Crippen LogP contribution >= 0.6 is 15.9 Å². The summed E-state index contributed by atoms with van der Waals surface area (Å²) in [5.74, 6) is 0. The molecule has 0 amide bonds. The third kappa shape index (κ3) is 2.11. The van der Waals surface area contributed by atoms with Gasteiger partial charge in [-0.2, -0.15) is 0 Å². The van der Waals surface area contributed by atoms with Gasteiger partial charge in [0.2, 0.25) is 0 Å². The summed E-state index contributed by atoms with van der Waals surface area (Å²) in [6.07, 6.45) is 2.38. The molecular formula is C20H17Br. The lowest BCUT2D eigenvalue weighted by atomic mass is 9.95. The van der Waals surface area contributed by atoms with E-state index >= 15 is 0 Å². The predicted molar refractivity (Wildman–Crippen MR) is 93.3 cm³/mol. The molecule has 3 aromatic carbocycles. The minimum absolute atomic E-state index is 0.253. The Morgan fingerprint density at radius 2 is 1.57 bits per heavy atom. The summed E-state index contributed by atoms with van der Waals surface area (Å²) in [5.41, 5.74) is 7.01. The monoisotopic (exact) mass is 336 g/mol. The van der Waals surface area contributed by atoms with Gasteiger partial charge in [0.1, 0.15) is 0 Å². The molecule has 0 spiro atoms. The van der Waals surface area contributed by atoms with Gasteiger partial charge in [0.15, 0.2) is 0 Å². The highest BCUT2D eigenvalue weighted by molar-refractivity contribution is 9.09. The Morgan fingerprint density at radius 3 is 2.33 bits per heavy atom. The van der Waals surface area contributed by atoms with E-state index < -0.39 is 0 Å². The number of hydrogen-bond acceptors (Lipinski definition) is 0. The van der Waals surface area contributed by atoms with Crippen molar-refractivity contribution in [3.63, 3.8) is 0 Å². The summed E-state index contributed by atoms with van der Waals surface area (Å²) >= 11 is 3.91. The third-order valence-electron chi connectivity index (χ3n) is 4.55. The fourth-order valence-corrected chi connectivity index (χ4v) is 4.11. The number of alkyl halides is 1. The Balaban J connectivity index is 1.89. The summed E-state index contributed by atoms with van der Waals surface area (Å²) in [6, 6.07) is 20.2. The van der Waals surface area contributed by atoms with Gasteiger partial charge in [-0.25, -0.2) is 0 Å². The molecule has 0 fully saturated rings. The van der Waals surface area contributed by atoms with Gasteiger partial charge in [-0.1, -0.05) is 76.1 Å². The van der Waals surface area contributed by atoms with Gasteiger partial charge in [0, 0.05) is 0 Å². The molecule has 0 heterocycles. The molecule has 3 aromatic rings. The maximum absolute atomic E-state index is 3.91. The van der Waals surface area contributed by atoms with Crippen LogP contribution in [0.4, 0.5) is 0 Å². The zero-order chi connectivity index (χ0) is 14.4. The van der Waals surface area contributed by atoms with Crippen LogP contribution < -0.4 is 0 Å². The van der Waals surface area contributed by atoms with E-state index in [1.54, 1.807) is 0 Å². The van der Waals surface area contributed by atoms with Crippen molar-refractivity contribution in [3.05, 3.63) is 82.4 Å². The zero-order valence-corrected chi connectivity index (χ0v) is 13.7. The Morgan fingerprint density at radius 1 is 0.857 bits per heavy atom. The molecule has 1 aliphatic carbocycles. The van der Waals surface area contributed by atoms with E-state index in [-0.39, 0.29) is 4.83 Å². The average Bonchev–Trinajstić information content (AvgIpc) is 2.93. The van der Waals surface area contributed by atoms with Crippen molar-refractivity contribution < 1.29 is 0 Å². The second kappa shape index (κ2) is 4.99. The van der Waals surface area contributed by atoms with Crippen LogP contribution in [-0.2, 0) is 12.8 Å². The summed E-state index contributed by atoms with van der Waals surface area (Å²) < 4.78 is 0. The molecule has 0 aliphatic heterocycles. The van der Waals surface area contributed by atoms with Crippen molar-refractivity contribution in [2.75, 3.05) is 0 Å². The van der Waals surface area contributed by atoms with Gasteiger partial charge in [0.05, 0.1) is 4.83 Å². The van der Waals surface area contributed by atoms with Crippen molar-refractivity contribution in [2.45, 2.75) is 24.6 Å².